The molecule has 0 N–H and O–H groups in total. The number of anilines is 1. The van der Waals surface area contributed by atoms with Crippen LogP contribution in [0.5, 0.6) is 5.75 Å². The molecule has 2 aromatic rings. The van der Waals surface area contributed by atoms with E-state index in [0.29, 0.717) is 43.2 Å². The van der Waals surface area contributed by atoms with E-state index in [-0.39, 0.29) is 11.6 Å². The van der Waals surface area contributed by atoms with Crippen LogP contribution in [-0.2, 0) is 0 Å². The molecule has 0 saturated carbocycles. The SMILES string of the molecule is COc1cccc(C(=O)N2CCN(c3ccc(F)cc3[N+](=O)[O-])CC2)c1. The summed E-state index contributed by atoms with van der Waals surface area (Å²) in [6.45, 7) is 1.71. The van der Waals surface area contributed by atoms with Crippen LogP contribution < -0.4 is 9.64 Å². The molecule has 1 heterocycles. The fourth-order valence-corrected chi connectivity index (χ4v) is 3.00. The summed E-state index contributed by atoms with van der Waals surface area (Å²) in [4.78, 5) is 26.7. The standard InChI is InChI=1S/C18H18FN3O4/c1-26-15-4-2-3-13(11-15)18(23)21-9-7-20(8-10-21)16-6-5-14(19)12-17(16)22(24)25/h2-6,11-12H,7-10H2,1H3. The van der Waals surface area contributed by atoms with E-state index < -0.39 is 10.7 Å². The van der Waals surface area contributed by atoms with Gasteiger partial charge < -0.3 is 14.5 Å². The van der Waals surface area contributed by atoms with Crippen molar-refractivity contribution >= 4 is 17.3 Å². The highest BCUT2D eigenvalue weighted by atomic mass is 19.1. The summed E-state index contributed by atoms with van der Waals surface area (Å²) < 4.78 is 18.4. The van der Waals surface area contributed by atoms with E-state index in [1.54, 1.807) is 34.1 Å². The first-order valence-corrected chi connectivity index (χ1v) is 8.12. The molecule has 0 atom stereocenters. The maximum atomic E-state index is 13.3. The number of hydrogen-bond donors (Lipinski definition) is 0. The average Bonchev–Trinajstić information content (AvgIpc) is 2.67. The van der Waals surface area contributed by atoms with Gasteiger partial charge in [0.15, 0.2) is 0 Å². The van der Waals surface area contributed by atoms with E-state index in [0.717, 1.165) is 6.07 Å². The molecule has 136 valence electrons. The molecule has 0 radical (unpaired) electrons. The zero-order chi connectivity index (χ0) is 18.7. The van der Waals surface area contributed by atoms with Crippen molar-refractivity contribution in [2.75, 3.05) is 38.2 Å². The number of rotatable bonds is 4. The minimum atomic E-state index is -0.646. The Labute approximate surface area is 149 Å². The van der Waals surface area contributed by atoms with Crippen molar-refractivity contribution in [3.63, 3.8) is 0 Å². The van der Waals surface area contributed by atoms with Crippen LogP contribution in [0, 0.1) is 15.9 Å². The Bertz CT molecular complexity index is 835. The maximum Gasteiger partial charge on any atom is 0.295 e. The first-order valence-electron chi connectivity index (χ1n) is 8.12. The lowest BCUT2D eigenvalue weighted by Gasteiger charge is -2.35. The van der Waals surface area contributed by atoms with Gasteiger partial charge in [-0.2, -0.15) is 0 Å². The van der Waals surface area contributed by atoms with Gasteiger partial charge in [0, 0.05) is 31.7 Å². The van der Waals surface area contributed by atoms with Gasteiger partial charge >= 0.3 is 0 Å². The number of nitro groups is 1. The molecule has 7 nitrogen and oxygen atoms in total. The number of methoxy groups -OCH3 is 1. The monoisotopic (exact) mass is 359 g/mol. The number of carbonyl (C=O) groups is 1. The van der Waals surface area contributed by atoms with Crippen molar-refractivity contribution in [3.05, 3.63) is 64.0 Å². The third-order valence-electron chi connectivity index (χ3n) is 4.36. The van der Waals surface area contributed by atoms with E-state index >= 15 is 0 Å². The topological polar surface area (TPSA) is 75.9 Å². The summed E-state index contributed by atoms with van der Waals surface area (Å²) >= 11 is 0. The summed E-state index contributed by atoms with van der Waals surface area (Å²) in [6, 6.07) is 10.5. The van der Waals surface area contributed by atoms with Gasteiger partial charge in [0.25, 0.3) is 11.6 Å². The lowest BCUT2D eigenvalue weighted by molar-refractivity contribution is -0.384. The number of piperazine rings is 1. The fraction of sp³-hybridized carbons (Fsp3) is 0.278. The first kappa shape index (κ1) is 17.7. The fourth-order valence-electron chi connectivity index (χ4n) is 3.00. The van der Waals surface area contributed by atoms with Gasteiger partial charge in [0.2, 0.25) is 0 Å². The molecule has 1 fully saturated rings. The van der Waals surface area contributed by atoms with Gasteiger partial charge in [0.1, 0.15) is 17.3 Å². The number of hydrogen-bond acceptors (Lipinski definition) is 5. The molecule has 1 amide bonds. The highest BCUT2D eigenvalue weighted by Gasteiger charge is 2.26. The quantitative estimate of drug-likeness (QED) is 0.620. The summed E-state index contributed by atoms with van der Waals surface area (Å²) in [5, 5.41) is 11.2. The van der Waals surface area contributed by atoms with Gasteiger partial charge in [-0.25, -0.2) is 4.39 Å². The van der Waals surface area contributed by atoms with Crippen molar-refractivity contribution in [1.29, 1.82) is 0 Å². The average molecular weight is 359 g/mol. The van der Waals surface area contributed by atoms with Gasteiger partial charge in [-0.1, -0.05) is 6.07 Å². The Morgan fingerprint density at radius 1 is 1.15 bits per heavy atom. The van der Waals surface area contributed by atoms with Gasteiger partial charge in [-0.3, -0.25) is 14.9 Å². The zero-order valence-corrected chi connectivity index (χ0v) is 14.2. The van der Waals surface area contributed by atoms with Gasteiger partial charge in [0.05, 0.1) is 18.1 Å². The number of nitro benzene ring substituents is 1. The molecule has 0 aliphatic carbocycles. The van der Waals surface area contributed by atoms with Crippen LogP contribution in [0.3, 0.4) is 0 Å². The second-order valence-electron chi connectivity index (χ2n) is 5.90. The summed E-state index contributed by atoms with van der Waals surface area (Å²) in [5.41, 5.74) is 0.632. The van der Waals surface area contributed by atoms with Gasteiger partial charge in [-0.15, -0.1) is 0 Å². The third-order valence-corrected chi connectivity index (χ3v) is 4.36. The molecule has 0 bridgehead atoms. The second kappa shape index (κ2) is 7.38. The maximum absolute atomic E-state index is 13.3. The van der Waals surface area contributed by atoms with Crippen LogP contribution in [0.1, 0.15) is 10.4 Å². The molecule has 0 aromatic heterocycles. The first-order chi connectivity index (χ1) is 12.5. The molecule has 2 aromatic carbocycles. The lowest BCUT2D eigenvalue weighted by Crippen LogP contribution is -2.49. The molecule has 1 aliphatic heterocycles. The molecule has 1 saturated heterocycles. The lowest BCUT2D eigenvalue weighted by atomic mass is 10.1. The van der Waals surface area contributed by atoms with Crippen LogP contribution in [0.4, 0.5) is 15.8 Å². The largest absolute Gasteiger partial charge is 0.497 e. The summed E-state index contributed by atoms with van der Waals surface area (Å²) in [5.74, 6) is -0.152. The third kappa shape index (κ3) is 3.58. The predicted octanol–water partition coefficient (Wildman–Crippen LogP) is 2.70. The van der Waals surface area contributed by atoms with Crippen LogP contribution >= 0.6 is 0 Å². The van der Waals surface area contributed by atoms with Crippen molar-refractivity contribution < 1.29 is 18.8 Å². The molecule has 8 heteroatoms. The number of ether oxygens (including phenoxy) is 1. The van der Waals surface area contributed by atoms with Crippen LogP contribution in [-0.4, -0.2) is 49.0 Å². The Morgan fingerprint density at radius 3 is 2.54 bits per heavy atom. The van der Waals surface area contributed by atoms with E-state index in [1.807, 2.05) is 0 Å². The van der Waals surface area contributed by atoms with E-state index in [2.05, 4.69) is 0 Å². The number of amides is 1. The number of carbonyl (C=O) groups excluding carboxylic acids is 1. The number of benzene rings is 2. The predicted molar refractivity (Wildman–Crippen MR) is 94.2 cm³/mol. The molecule has 3 rings (SSSR count). The van der Waals surface area contributed by atoms with E-state index in [9.17, 15) is 19.3 Å². The Balaban J connectivity index is 1.71. The van der Waals surface area contributed by atoms with Crippen molar-refractivity contribution in [1.82, 2.24) is 4.90 Å². The normalized spacial score (nSPS) is 14.2. The Morgan fingerprint density at radius 2 is 1.88 bits per heavy atom. The summed E-state index contributed by atoms with van der Waals surface area (Å²) in [7, 11) is 1.54. The second-order valence-corrected chi connectivity index (χ2v) is 5.90. The minimum Gasteiger partial charge on any atom is -0.497 e. The highest BCUT2D eigenvalue weighted by Crippen LogP contribution is 2.29. The van der Waals surface area contributed by atoms with Crippen molar-refractivity contribution in [2.24, 2.45) is 0 Å². The number of halogens is 1. The molecule has 0 spiro atoms. The van der Waals surface area contributed by atoms with Crippen LogP contribution in [0.25, 0.3) is 0 Å². The molecule has 1 aliphatic rings. The molecule has 0 unspecified atom stereocenters. The smallest absolute Gasteiger partial charge is 0.295 e. The van der Waals surface area contributed by atoms with Crippen LogP contribution in [0.15, 0.2) is 42.5 Å². The highest BCUT2D eigenvalue weighted by molar-refractivity contribution is 5.94. The minimum absolute atomic E-state index is 0.114. The Kier molecular flexibility index (Phi) is 5.01. The Hall–Kier alpha value is -3.16. The molecular weight excluding hydrogens is 341 g/mol. The van der Waals surface area contributed by atoms with Crippen molar-refractivity contribution in [2.45, 2.75) is 0 Å². The van der Waals surface area contributed by atoms with Crippen molar-refractivity contribution in [3.8, 4) is 5.75 Å². The zero-order valence-electron chi connectivity index (χ0n) is 14.2. The van der Waals surface area contributed by atoms with Crippen LogP contribution in [0.2, 0.25) is 0 Å². The summed E-state index contributed by atoms with van der Waals surface area (Å²) in [6.07, 6.45) is 0. The van der Waals surface area contributed by atoms with E-state index in [4.69, 9.17) is 4.74 Å². The van der Waals surface area contributed by atoms with E-state index in [1.165, 1.54) is 19.2 Å². The number of nitrogens with zero attached hydrogens (tertiary/aromatic N) is 3. The molecular formula is C18H18FN3O4. The van der Waals surface area contributed by atoms with Gasteiger partial charge in [-0.05, 0) is 30.3 Å². The molecule has 26 heavy (non-hydrogen) atoms.